The van der Waals surface area contributed by atoms with Crippen molar-refractivity contribution in [1.82, 2.24) is 30.0 Å². The highest BCUT2D eigenvalue weighted by Crippen LogP contribution is 2.23. The van der Waals surface area contributed by atoms with Crippen LogP contribution in [0.5, 0.6) is 0 Å². The van der Waals surface area contributed by atoms with E-state index in [0.29, 0.717) is 17.4 Å². The first-order valence-corrected chi connectivity index (χ1v) is 10.3. The van der Waals surface area contributed by atoms with Crippen molar-refractivity contribution in [3.05, 3.63) is 35.7 Å². The topological polar surface area (TPSA) is 67.2 Å². The van der Waals surface area contributed by atoms with E-state index in [1.54, 1.807) is 4.68 Å². The largest absolute Gasteiger partial charge is 0.336 e. The molecule has 0 spiro atoms. The van der Waals surface area contributed by atoms with Crippen LogP contribution in [0, 0.1) is 6.92 Å². The second-order valence-corrected chi connectivity index (χ2v) is 8.08. The summed E-state index contributed by atoms with van der Waals surface area (Å²) in [5.74, 6) is 3.34. The van der Waals surface area contributed by atoms with Crippen molar-refractivity contribution in [2.24, 2.45) is 0 Å². The summed E-state index contributed by atoms with van der Waals surface area (Å²) in [4.78, 5) is 17.5. The van der Waals surface area contributed by atoms with Gasteiger partial charge in [-0.05, 0) is 59.9 Å². The highest BCUT2D eigenvalue weighted by molar-refractivity contribution is 7.99. The number of nitrogens with zero attached hydrogens (tertiary/aromatic N) is 6. The third-order valence-corrected chi connectivity index (χ3v) is 6.32. The highest BCUT2D eigenvalue weighted by Gasteiger charge is 2.27. The standard InChI is InChI=1S/C18H24N6OS/c1-14-19-20-21-24(14)17-4-2-3-15(13-17)18(25)23-9-7-22(8-10-23)16-5-11-26-12-6-16/h2-4,13,16H,5-12H2,1H3. The van der Waals surface area contributed by atoms with Crippen LogP contribution in [0.3, 0.4) is 0 Å². The molecule has 0 saturated carbocycles. The molecule has 0 bridgehead atoms. The Morgan fingerprint density at radius 1 is 1.15 bits per heavy atom. The fraction of sp³-hybridized carbons (Fsp3) is 0.556. The average Bonchev–Trinajstić information content (AvgIpc) is 3.14. The normalized spacial score (nSPS) is 19.7. The van der Waals surface area contributed by atoms with Gasteiger partial charge < -0.3 is 4.90 Å². The van der Waals surface area contributed by atoms with Gasteiger partial charge >= 0.3 is 0 Å². The zero-order chi connectivity index (χ0) is 17.9. The molecule has 3 heterocycles. The molecule has 8 heteroatoms. The molecule has 1 aromatic heterocycles. The van der Waals surface area contributed by atoms with Crippen LogP contribution in [0.25, 0.3) is 5.69 Å². The summed E-state index contributed by atoms with van der Waals surface area (Å²) in [6.45, 7) is 5.41. The number of rotatable bonds is 3. The first kappa shape index (κ1) is 17.5. The molecule has 2 aliphatic heterocycles. The van der Waals surface area contributed by atoms with Gasteiger partial charge in [-0.15, -0.1) is 5.10 Å². The Morgan fingerprint density at radius 3 is 2.62 bits per heavy atom. The molecule has 2 fully saturated rings. The van der Waals surface area contributed by atoms with Crippen LogP contribution >= 0.6 is 11.8 Å². The first-order chi connectivity index (χ1) is 12.7. The number of tetrazole rings is 1. The van der Waals surface area contributed by atoms with E-state index >= 15 is 0 Å². The van der Waals surface area contributed by atoms with Crippen LogP contribution in [0.2, 0.25) is 0 Å². The van der Waals surface area contributed by atoms with Gasteiger partial charge in [-0.2, -0.15) is 16.4 Å². The Kier molecular flexibility index (Phi) is 5.21. The van der Waals surface area contributed by atoms with E-state index in [2.05, 4.69) is 32.2 Å². The molecule has 1 amide bonds. The predicted molar refractivity (Wildman–Crippen MR) is 102 cm³/mol. The molecular weight excluding hydrogens is 348 g/mol. The number of aryl methyl sites for hydroxylation is 1. The van der Waals surface area contributed by atoms with Crippen molar-refractivity contribution in [1.29, 1.82) is 0 Å². The predicted octanol–water partition coefficient (Wildman–Crippen LogP) is 1.62. The second-order valence-electron chi connectivity index (χ2n) is 6.86. The maximum atomic E-state index is 12.9. The Labute approximate surface area is 157 Å². The van der Waals surface area contributed by atoms with Crippen molar-refractivity contribution >= 4 is 17.7 Å². The minimum Gasteiger partial charge on any atom is -0.336 e. The minimum atomic E-state index is 0.0939. The molecule has 2 aliphatic rings. The molecule has 7 nitrogen and oxygen atoms in total. The summed E-state index contributed by atoms with van der Waals surface area (Å²) in [6, 6.07) is 8.26. The van der Waals surface area contributed by atoms with Crippen molar-refractivity contribution < 1.29 is 4.79 Å². The molecule has 1 aromatic carbocycles. The molecule has 2 aromatic rings. The SMILES string of the molecule is Cc1nnnn1-c1cccc(C(=O)N2CCN(C3CCSCC3)CC2)c1. The Hall–Kier alpha value is -1.93. The van der Waals surface area contributed by atoms with Gasteiger partial charge in [-0.3, -0.25) is 9.69 Å². The van der Waals surface area contributed by atoms with Gasteiger partial charge in [0.25, 0.3) is 5.91 Å². The average molecular weight is 372 g/mol. The van der Waals surface area contributed by atoms with Crippen molar-refractivity contribution in [2.75, 3.05) is 37.7 Å². The fourth-order valence-electron chi connectivity index (χ4n) is 3.76. The zero-order valence-corrected chi connectivity index (χ0v) is 15.9. The van der Waals surface area contributed by atoms with E-state index in [9.17, 15) is 4.79 Å². The third kappa shape index (κ3) is 3.61. The number of amides is 1. The molecule has 2 saturated heterocycles. The van der Waals surface area contributed by atoms with E-state index in [1.165, 1.54) is 24.3 Å². The number of thioether (sulfide) groups is 1. The van der Waals surface area contributed by atoms with Crippen LogP contribution in [-0.2, 0) is 0 Å². The molecule has 0 unspecified atom stereocenters. The number of hydrogen-bond acceptors (Lipinski definition) is 6. The lowest BCUT2D eigenvalue weighted by Crippen LogP contribution is -2.52. The van der Waals surface area contributed by atoms with Crippen molar-refractivity contribution in [3.63, 3.8) is 0 Å². The van der Waals surface area contributed by atoms with Gasteiger partial charge in [0.2, 0.25) is 0 Å². The Morgan fingerprint density at radius 2 is 1.92 bits per heavy atom. The lowest BCUT2D eigenvalue weighted by Gasteiger charge is -2.40. The number of carbonyl (C=O) groups is 1. The minimum absolute atomic E-state index is 0.0939. The van der Waals surface area contributed by atoms with E-state index < -0.39 is 0 Å². The summed E-state index contributed by atoms with van der Waals surface area (Å²) in [5.41, 5.74) is 1.51. The van der Waals surface area contributed by atoms with E-state index in [-0.39, 0.29) is 5.91 Å². The lowest BCUT2D eigenvalue weighted by atomic mass is 10.1. The number of carbonyl (C=O) groups excluding carboxylic acids is 1. The smallest absolute Gasteiger partial charge is 0.254 e. The molecule has 26 heavy (non-hydrogen) atoms. The van der Waals surface area contributed by atoms with Crippen molar-refractivity contribution in [2.45, 2.75) is 25.8 Å². The van der Waals surface area contributed by atoms with E-state index in [4.69, 9.17) is 0 Å². The van der Waals surface area contributed by atoms with Gasteiger partial charge in [0, 0.05) is 37.8 Å². The van der Waals surface area contributed by atoms with Gasteiger partial charge in [0.1, 0.15) is 0 Å². The van der Waals surface area contributed by atoms with Crippen LogP contribution < -0.4 is 0 Å². The summed E-state index contributed by atoms with van der Waals surface area (Å²) in [6.07, 6.45) is 2.57. The lowest BCUT2D eigenvalue weighted by molar-refractivity contribution is 0.0559. The van der Waals surface area contributed by atoms with E-state index in [0.717, 1.165) is 31.9 Å². The van der Waals surface area contributed by atoms with Gasteiger partial charge in [0.15, 0.2) is 5.82 Å². The highest BCUT2D eigenvalue weighted by atomic mass is 32.2. The van der Waals surface area contributed by atoms with Gasteiger partial charge in [0.05, 0.1) is 5.69 Å². The van der Waals surface area contributed by atoms with Crippen LogP contribution in [0.1, 0.15) is 29.0 Å². The number of hydrogen-bond donors (Lipinski definition) is 0. The van der Waals surface area contributed by atoms with Crippen LogP contribution in [-0.4, -0.2) is 79.6 Å². The van der Waals surface area contributed by atoms with E-state index in [1.807, 2.05) is 36.1 Å². The van der Waals surface area contributed by atoms with Crippen molar-refractivity contribution in [3.8, 4) is 5.69 Å². The molecule has 0 atom stereocenters. The molecule has 4 rings (SSSR count). The summed E-state index contributed by atoms with van der Waals surface area (Å²) in [7, 11) is 0. The summed E-state index contributed by atoms with van der Waals surface area (Å²) >= 11 is 2.06. The number of aromatic nitrogens is 4. The maximum Gasteiger partial charge on any atom is 0.254 e. The molecule has 0 radical (unpaired) electrons. The molecular formula is C18H24N6OS. The number of benzene rings is 1. The second kappa shape index (κ2) is 7.75. The first-order valence-electron chi connectivity index (χ1n) is 9.19. The quantitative estimate of drug-likeness (QED) is 0.816. The maximum absolute atomic E-state index is 12.9. The summed E-state index contributed by atoms with van der Waals surface area (Å²) in [5, 5.41) is 11.6. The zero-order valence-electron chi connectivity index (χ0n) is 15.0. The molecule has 0 aliphatic carbocycles. The monoisotopic (exact) mass is 372 g/mol. The molecule has 0 N–H and O–H groups in total. The molecule has 138 valence electrons. The Balaban J connectivity index is 1.41. The van der Waals surface area contributed by atoms with Gasteiger partial charge in [-0.1, -0.05) is 6.07 Å². The van der Waals surface area contributed by atoms with Crippen LogP contribution in [0.15, 0.2) is 24.3 Å². The number of piperazine rings is 1. The van der Waals surface area contributed by atoms with Gasteiger partial charge in [-0.25, -0.2) is 0 Å². The third-order valence-electron chi connectivity index (χ3n) is 5.27. The summed E-state index contributed by atoms with van der Waals surface area (Å²) < 4.78 is 1.65. The Bertz CT molecular complexity index is 765. The fourth-order valence-corrected chi connectivity index (χ4v) is 4.85. The van der Waals surface area contributed by atoms with Crippen LogP contribution in [0.4, 0.5) is 0 Å².